The zero-order chi connectivity index (χ0) is 21.5. The molecule has 0 spiro atoms. The summed E-state index contributed by atoms with van der Waals surface area (Å²) in [6.45, 7) is 6.27. The van der Waals surface area contributed by atoms with Gasteiger partial charge in [0, 0.05) is 0 Å². The first-order valence-electron chi connectivity index (χ1n) is 10.6. The van der Waals surface area contributed by atoms with Crippen LogP contribution in [-0.4, -0.2) is 62.8 Å². The molecule has 0 radical (unpaired) electrons. The quantitative estimate of drug-likeness (QED) is 0.273. The van der Waals surface area contributed by atoms with Gasteiger partial charge in [-0.25, -0.2) is 0 Å². The summed E-state index contributed by atoms with van der Waals surface area (Å²) < 4.78 is 11.2. The van der Waals surface area contributed by atoms with Crippen LogP contribution in [0.25, 0.3) is 11.2 Å². The normalized spacial score (nSPS) is 20.2. The number of aliphatic hydroxyl groups is 1. The molecule has 0 aliphatic carbocycles. The van der Waals surface area contributed by atoms with Crippen molar-refractivity contribution in [3.8, 4) is 0 Å². The number of hydrogen-bond donors (Lipinski definition) is 2. The SMILES string of the molecule is CCI1CC(c2cnn3c(Nc4cc(C)ns4)cc(N4CC[C@@H](CO)C4)nc23)=CN1C. The molecule has 2 aliphatic heterocycles. The third kappa shape index (κ3) is 4.00. The van der Waals surface area contributed by atoms with E-state index in [1.807, 2.05) is 23.7 Å². The van der Waals surface area contributed by atoms with Gasteiger partial charge in [0.05, 0.1) is 0 Å². The van der Waals surface area contributed by atoms with Crippen molar-refractivity contribution >= 4 is 59.5 Å². The molecule has 10 heteroatoms. The Balaban J connectivity index is 1.58. The predicted octanol–water partition coefficient (Wildman–Crippen LogP) is 3.78. The van der Waals surface area contributed by atoms with Crippen molar-refractivity contribution in [2.24, 2.45) is 5.92 Å². The van der Waals surface area contributed by atoms with E-state index < -0.39 is 20.1 Å². The van der Waals surface area contributed by atoms with E-state index in [2.05, 4.69) is 43.9 Å². The third-order valence-corrected chi connectivity index (χ3v) is 12.6. The van der Waals surface area contributed by atoms with Crippen molar-refractivity contribution in [3.05, 3.63) is 35.8 Å². The molecule has 0 amide bonds. The van der Waals surface area contributed by atoms with Gasteiger partial charge in [0.25, 0.3) is 0 Å². The van der Waals surface area contributed by atoms with E-state index in [0.29, 0.717) is 5.92 Å². The summed E-state index contributed by atoms with van der Waals surface area (Å²) in [6, 6.07) is 4.11. The fraction of sp³-hybridized carbons (Fsp3) is 0.476. The molecule has 2 N–H and O–H groups in total. The maximum absolute atomic E-state index is 9.59. The average molecular weight is 553 g/mol. The number of hydrogen-bond acceptors (Lipinski definition) is 8. The molecule has 0 saturated carbocycles. The molecular weight excluding hydrogens is 525 g/mol. The molecule has 166 valence electrons. The number of rotatable bonds is 6. The molecule has 1 atom stereocenters. The minimum atomic E-state index is -1.12. The molecule has 0 bridgehead atoms. The second kappa shape index (κ2) is 8.55. The number of halogens is 1. The molecule has 0 aromatic carbocycles. The van der Waals surface area contributed by atoms with E-state index in [4.69, 9.17) is 10.1 Å². The summed E-state index contributed by atoms with van der Waals surface area (Å²) in [5, 5.41) is 18.8. The fourth-order valence-corrected chi connectivity index (χ4v) is 9.28. The van der Waals surface area contributed by atoms with Crippen LogP contribution in [0.15, 0.2) is 24.5 Å². The first-order chi connectivity index (χ1) is 15.1. The summed E-state index contributed by atoms with van der Waals surface area (Å²) in [6.07, 6.45) is 5.26. The van der Waals surface area contributed by atoms with Crippen molar-refractivity contribution in [3.63, 3.8) is 0 Å². The molecule has 5 heterocycles. The number of alkyl halides is 2. The molecule has 3 aromatic heterocycles. The van der Waals surface area contributed by atoms with Gasteiger partial charge in [-0.05, 0) is 0 Å². The van der Waals surface area contributed by atoms with Crippen molar-refractivity contribution in [2.75, 3.05) is 45.8 Å². The first-order valence-corrected chi connectivity index (χ1v) is 15.4. The van der Waals surface area contributed by atoms with Gasteiger partial charge in [0.15, 0.2) is 0 Å². The molecule has 5 rings (SSSR count). The average Bonchev–Trinajstić information content (AvgIpc) is 3.54. The van der Waals surface area contributed by atoms with Crippen LogP contribution in [0.1, 0.15) is 24.6 Å². The van der Waals surface area contributed by atoms with Gasteiger partial charge in [-0.3, -0.25) is 0 Å². The second-order valence-electron chi connectivity index (χ2n) is 8.04. The fourth-order valence-electron chi connectivity index (χ4n) is 4.17. The third-order valence-electron chi connectivity index (χ3n) is 5.87. The number of aryl methyl sites for hydroxylation is 1. The molecule has 2 aliphatic rings. The van der Waals surface area contributed by atoms with Crippen molar-refractivity contribution < 1.29 is 5.11 Å². The van der Waals surface area contributed by atoms with Crippen LogP contribution < -0.4 is 10.2 Å². The Morgan fingerprint density at radius 1 is 1.35 bits per heavy atom. The Bertz CT molecular complexity index is 1130. The number of anilines is 3. The Morgan fingerprint density at radius 3 is 2.90 bits per heavy atom. The molecule has 0 unspecified atom stereocenters. The van der Waals surface area contributed by atoms with Crippen molar-refractivity contribution in [1.29, 1.82) is 0 Å². The van der Waals surface area contributed by atoms with E-state index >= 15 is 0 Å². The monoisotopic (exact) mass is 553 g/mol. The maximum atomic E-state index is 9.59. The standard InChI is InChI=1S/C21H28IN7OS/c1-4-22-9-16(12-27(22)3)17-10-23-29-19(24-20-7-14(2)26-31-20)8-18(25-21(17)29)28-6-5-15(11-28)13-30/h7-8,10,12,15,24,30H,4-6,9,11,13H2,1-3H3/t15-/m1/s1. The van der Waals surface area contributed by atoms with E-state index in [1.165, 1.54) is 21.5 Å². The number of nitrogens with zero attached hydrogens (tertiary/aromatic N) is 6. The number of aromatic nitrogens is 4. The molecule has 1 fully saturated rings. The summed E-state index contributed by atoms with van der Waals surface area (Å²) in [5.74, 6) is 2.14. The van der Waals surface area contributed by atoms with E-state index in [0.717, 1.165) is 57.5 Å². The predicted molar refractivity (Wildman–Crippen MR) is 136 cm³/mol. The molecule has 1 saturated heterocycles. The van der Waals surface area contributed by atoms with Crippen LogP contribution in [0.3, 0.4) is 0 Å². The van der Waals surface area contributed by atoms with Crippen LogP contribution in [0.2, 0.25) is 0 Å². The van der Waals surface area contributed by atoms with E-state index in [1.54, 1.807) is 0 Å². The summed E-state index contributed by atoms with van der Waals surface area (Å²) >= 11 is 0.328. The number of nitrogens with one attached hydrogen (secondary N) is 1. The topological polar surface area (TPSA) is 81.8 Å². The van der Waals surface area contributed by atoms with Gasteiger partial charge in [0.1, 0.15) is 0 Å². The Hall–Kier alpha value is -1.92. The summed E-state index contributed by atoms with van der Waals surface area (Å²) in [5.41, 5.74) is 4.37. The zero-order valence-electron chi connectivity index (χ0n) is 18.0. The first kappa shape index (κ1) is 21.0. The zero-order valence-corrected chi connectivity index (χ0v) is 21.0. The summed E-state index contributed by atoms with van der Waals surface area (Å²) in [7, 11) is 2.21. The van der Waals surface area contributed by atoms with Gasteiger partial charge in [-0.2, -0.15) is 0 Å². The van der Waals surface area contributed by atoms with Crippen molar-refractivity contribution in [1.82, 2.24) is 22.1 Å². The second-order valence-corrected chi connectivity index (χ2v) is 15.1. The molecule has 3 aromatic rings. The van der Waals surface area contributed by atoms with Gasteiger partial charge in [0.2, 0.25) is 0 Å². The molecule has 31 heavy (non-hydrogen) atoms. The van der Waals surface area contributed by atoms with Crippen LogP contribution in [0.4, 0.5) is 16.6 Å². The molecular formula is C21H28IN7OS. The number of aliphatic hydroxyl groups excluding tert-OH is 1. The van der Waals surface area contributed by atoms with E-state index in [9.17, 15) is 5.11 Å². The number of fused-ring (bicyclic) bond motifs is 1. The van der Waals surface area contributed by atoms with Crippen LogP contribution >= 0.6 is 31.6 Å². The van der Waals surface area contributed by atoms with Crippen LogP contribution in [0, 0.1) is 12.8 Å². The Labute approximate surface area is 193 Å². The molecule has 8 nitrogen and oxygen atoms in total. The van der Waals surface area contributed by atoms with E-state index in [-0.39, 0.29) is 6.61 Å². The Morgan fingerprint density at radius 2 is 2.23 bits per heavy atom. The van der Waals surface area contributed by atoms with Crippen LogP contribution in [0.5, 0.6) is 0 Å². The van der Waals surface area contributed by atoms with Crippen molar-refractivity contribution in [2.45, 2.75) is 20.3 Å². The van der Waals surface area contributed by atoms with Gasteiger partial charge >= 0.3 is 194 Å². The Kier molecular flexibility index (Phi) is 5.78. The summed E-state index contributed by atoms with van der Waals surface area (Å²) in [4.78, 5) is 7.34. The van der Waals surface area contributed by atoms with Gasteiger partial charge in [-0.1, -0.05) is 0 Å². The van der Waals surface area contributed by atoms with Gasteiger partial charge < -0.3 is 0 Å². The minimum absolute atomic E-state index is 0.227. The number of allylic oxidation sites excluding steroid dienone is 1. The van der Waals surface area contributed by atoms with Crippen LogP contribution in [-0.2, 0) is 0 Å². The van der Waals surface area contributed by atoms with Gasteiger partial charge in [-0.15, -0.1) is 0 Å².